The van der Waals surface area contributed by atoms with E-state index in [-0.39, 0.29) is 31.3 Å². The molecule has 2 heterocycles. The van der Waals surface area contributed by atoms with E-state index in [4.69, 9.17) is 9.92 Å². The van der Waals surface area contributed by atoms with Gasteiger partial charge in [0.25, 0.3) is 10.1 Å². The largest absolute Gasteiger partial charge is 0.328 e. The van der Waals surface area contributed by atoms with Crippen LogP contribution in [0.2, 0.25) is 0 Å². The van der Waals surface area contributed by atoms with Crippen LogP contribution in [0.3, 0.4) is 0 Å². The Morgan fingerprint density at radius 2 is 1.10 bits per heavy atom. The summed E-state index contributed by atoms with van der Waals surface area (Å²) in [6.07, 6.45) is 8.06. The predicted octanol–water partition coefficient (Wildman–Crippen LogP) is 7.23. The molecule has 5 aromatic carbocycles. The van der Waals surface area contributed by atoms with E-state index in [0.29, 0.717) is 40.7 Å². The highest BCUT2D eigenvalue weighted by Crippen LogP contribution is 2.29. The van der Waals surface area contributed by atoms with Crippen molar-refractivity contribution in [2.24, 2.45) is 5.73 Å². The third-order valence-corrected chi connectivity index (χ3v) is 15.1. The first-order valence-corrected chi connectivity index (χ1v) is 24.7. The maximum Gasteiger partial charge on any atom is 0.296 e. The van der Waals surface area contributed by atoms with Gasteiger partial charge in [-0.3, -0.25) is 14.4 Å². The molecule has 7 aromatic rings. The van der Waals surface area contributed by atoms with Crippen LogP contribution in [0.15, 0.2) is 146 Å². The van der Waals surface area contributed by atoms with Crippen molar-refractivity contribution in [3.05, 3.63) is 138 Å². The molecule has 0 atom stereocenters. The predicted molar refractivity (Wildman–Crippen MR) is 235 cm³/mol. The van der Waals surface area contributed by atoms with Gasteiger partial charge in [-0.05, 0) is 137 Å². The number of H-pyrrole nitrogens is 2. The van der Waals surface area contributed by atoms with Crippen molar-refractivity contribution in [2.75, 3.05) is 13.2 Å². The molecule has 0 bridgehead atoms. The quantitative estimate of drug-likeness (QED) is 0.0597. The minimum atomic E-state index is -3.81. The molecule has 2 aliphatic rings. The molecule has 0 aliphatic heterocycles. The molecule has 13 nitrogen and oxygen atoms in total. The Labute approximate surface area is 357 Å². The summed E-state index contributed by atoms with van der Waals surface area (Å²) in [6.45, 7) is 2.91. The Balaban J connectivity index is 0.000000172. The molecule has 2 fully saturated rings. The smallest absolute Gasteiger partial charge is 0.296 e. The molecule has 2 aliphatic carbocycles. The summed E-state index contributed by atoms with van der Waals surface area (Å²) in [7, 11) is -11.1. The van der Waals surface area contributed by atoms with Crippen LogP contribution < -0.4 is 11.1 Å². The molecule has 0 spiro atoms. The number of nitrogens with zero attached hydrogens (tertiary/aromatic N) is 2. The average molecular weight is 883 g/mol. The summed E-state index contributed by atoms with van der Waals surface area (Å²) in [5.74, 6) is 0. The Morgan fingerprint density at radius 1 is 0.623 bits per heavy atom. The second kappa shape index (κ2) is 19.2. The van der Waals surface area contributed by atoms with Gasteiger partial charge >= 0.3 is 0 Å². The summed E-state index contributed by atoms with van der Waals surface area (Å²) < 4.78 is 81.4. The number of fused-ring (bicyclic) bond motifs is 2. The molecule has 0 radical (unpaired) electrons. The monoisotopic (exact) mass is 882 g/mol. The normalized spacial score (nSPS) is 14.3. The lowest BCUT2D eigenvalue weighted by Crippen LogP contribution is -2.17. The fraction of sp³-hybridized carbons (Fsp3) is 0.289. The SMILES string of the molecule is Cc1ccc(S(=O)(=O)OCCCc2ccc3n[nH]c(S(=O)(=O)c4ccccc4)c3c2)cc1.NC1CC1.O=S(=O)(c1ccccc1)c1[nH]nc2ccc(CCCNC3CC3)cc12. The number of sulfone groups is 2. The molecular weight excluding hydrogens is 833 g/mol. The summed E-state index contributed by atoms with van der Waals surface area (Å²) in [4.78, 5) is 0.587. The van der Waals surface area contributed by atoms with Crippen LogP contribution in [-0.4, -0.2) is 70.9 Å². The van der Waals surface area contributed by atoms with Crippen LogP contribution in [0.1, 0.15) is 55.2 Å². The topological polar surface area (TPSA) is 207 Å². The van der Waals surface area contributed by atoms with E-state index in [2.05, 4.69) is 25.7 Å². The van der Waals surface area contributed by atoms with Gasteiger partial charge in [-0.25, -0.2) is 16.8 Å². The number of aromatic nitrogens is 4. The zero-order valence-corrected chi connectivity index (χ0v) is 36.3. The van der Waals surface area contributed by atoms with Crippen LogP contribution in [0, 0.1) is 6.92 Å². The molecule has 2 saturated carbocycles. The van der Waals surface area contributed by atoms with Crippen LogP contribution in [0.4, 0.5) is 0 Å². The van der Waals surface area contributed by atoms with Gasteiger partial charge in [0.05, 0.1) is 32.3 Å². The molecule has 5 N–H and O–H groups in total. The minimum Gasteiger partial charge on any atom is -0.328 e. The van der Waals surface area contributed by atoms with E-state index in [0.717, 1.165) is 42.1 Å². The molecule has 61 heavy (non-hydrogen) atoms. The van der Waals surface area contributed by atoms with Crippen molar-refractivity contribution in [3.8, 4) is 0 Å². The van der Waals surface area contributed by atoms with Gasteiger partial charge in [-0.1, -0.05) is 66.2 Å². The van der Waals surface area contributed by atoms with Gasteiger partial charge in [0.2, 0.25) is 19.7 Å². The first kappa shape index (κ1) is 43.8. The zero-order chi connectivity index (χ0) is 43.0. The third-order valence-electron chi connectivity index (χ3n) is 10.2. The van der Waals surface area contributed by atoms with Gasteiger partial charge in [0, 0.05) is 22.9 Å². The van der Waals surface area contributed by atoms with Gasteiger partial charge in [-0.2, -0.15) is 18.6 Å². The molecule has 0 amide bonds. The molecule has 0 saturated heterocycles. The van der Waals surface area contributed by atoms with E-state index in [1.807, 2.05) is 31.2 Å². The fourth-order valence-electron chi connectivity index (χ4n) is 6.42. The lowest BCUT2D eigenvalue weighted by Gasteiger charge is -2.07. The zero-order valence-electron chi connectivity index (χ0n) is 33.8. The summed E-state index contributed by atoms with van der Waals surface area (Å²) >= 11 is 0. The number of aromatic amines is 2. The number of rotatable bonds is 15. The van der Waals surface area contributed by atoms with Crippen molar-refractivity contribution in [2.45, 2.75) is 95.1 Å². The average Bonchev–Trinajstić information content (AvgIpc) is 4.17. The number of aryl methyl sites for hydroxylation is 3. The van der Waals surface area contributed by atoms with Crippen LogP contribution in [-0.2, 0) is 46.8 Å². The van der Waals surface area contributed by atoms with Crippen molar-refractivity contribution in [1.29, 1.82) is 0 Å². The first-order chi connectivity index (χ1) is 29.3. The van der Waals surface area contributed by atoms with Crippen molar-refractivity contribution < 1.29 is 29.4 Å². The number of hydrogen-bond acceptors (Lipinski definition) is 11. The first-order valence-electron chi connectivity index (χ1n) is 20.3. The molecule has 0 unspecified atom stereocenters. The standard InChI is InChI=1S/C23H22N2O5S2.C19H21N3O2S.C3H7N/c1-17-9-12-20(13-10-17)32(28,29)30-15-5-6-18-11-14-22-21(16-18)23(25-24-22)31(26,27)19-7-3-2-4-8-19;23-25(24,16-6-2-1-3-7-16)19-17-13-14(8-11-18(17)21-22-19)5-4-12-20-15-9-10-15;4-3-1-2-3/h2-4,7-14,16H,5-6,15H2,1H3,(H,24,25);1-3,6-8,11,13,15,20H,4-5,9-10,12H2,(H,21,22);3H,1-2,4H2. The van der Waals surface area contributed by atoms with Crippen LogP contribution in [0.5, 0.6) is 0 Å². The molecule has 2 aromatic heterocycles. The van der Waals surface area contributed by atoms with Gasteiger partial charge in [0.1, 0.15) is 0 Å². The van der Waals surface area contributed by atoms with E-state index >= 15 is 0 Å². The fourth-order valence-corrected chi connectivity index (χ4v) is 10.1. The number of nitrogens with one attached hydrogen (secondary N) is 3. The maximum atomic E-state index is 13.0. The van der Waals surface area contributed by atoms with Crippen molar-refractivity contribution in [1.82, 2.24) is 25.7 Å². The molecule has 320 valence electrons. The Bertz CT molecular complexity index is 2900. The highest BCUT2D eigenvalue weighted by Gasteiger charge is 2.25. The summed E-state index contributed by atoms with van der Waals surface area (Å²) in [6, 6.07) is 35.6. The minimum absolute atomic E-state index is 0.0226. The Kier molecular flexibility index (Phi) is 13.8. The van der Waals surface area contributed by atoms with Crippen LogP contribution in [0.25, 0.3) is 21.8 Å². The maximum absolute atomic E-state index is 13.0. The molecular formula is C45H50N6O7S3. The number of benzene rings is 5. The van der Waals surface area contributed by atoms with E-state index < -0.39 is 29.8 Å². The van der Waals surface area contributed by atoms with Gasteiger partial charge < -0.3 is 11.1 Å². The van der Waals surface area contributed by atoms with Gasteiger partial charge in [0.15, 0.2) is 10.1 Å². The number of hydrogen-bond donors (Lipinski definition) is 4. The summed E-state index contributed by atoms with van der Waals surface area (Å²) in [5, 5.41) is 18.5. The van der Waals surface area contributed by atoms with Crippen molar-refractivity contribution in [3.63, 3.8) is 0 Å². The highest BCUT2D eigenvalue weighted by molar-refractivity contribution is 7.92. The van der Waals surface area contributed by atoms with Gasteiger partial charge in [-0.15, -0.1) is 0 Å². The Hall–Kier alpha value is -5.23. The van der Waals surface area contributed by atoms with E-state index in [1.165, 1.54) is 49.9 Å². The van der Waals surface area contributed by atoms with Crippen LogP contribution >= 0.6 is 0 Å². The molecule has 9 rings (SSSR count). The van der Waals surface area contributed by atoms with E-state index in [1.54, 1.807) is 72.8 Å². The van der Waals surface area contributed by atoms with E-state index in [9.17, 15) is 25.3 Å². The second-order valence-electron chi connectivity index (χ2n) is 15.3. The molecule has 16 heteroatoms. The van der Waals surface area contributed by atoms with Crippen molar-refractivity contribution >= 4 is 51.6 Å². The number of nitrogens with two attached hydrogens (primary N) is 1. The second-order valence-corrected chi connectivity index (χ2v) is 20.7. The third kappa shape index (κ3) is 11.4. The summed E-state index contributed by atoms with van der Waals surface area (Å²) in [5.41, 5.74) is 9.40. The Morgan fingerprint density at radius 3 is 1.56 bits per heavy atom. The lowest BCUT2D eigenvalue weighted by molar-refractivity contribution is 0.312. The lowest BCUT2D eigenvalue weighted by atomic mass is 10.1. The highest BCUT2D eigenvalue weighted by atomic mass is 32.2.